The lowest BCUT2D eigenvalue weighted by Gasteiger charge is -2.50. The number of carbonyl (C=O) groups is 1. The quantitative estimate of drug-likeness (QED) is 0.721. The van der Waals surface area contributed by atoms with Crippen molar-refractivity contribution in [3.8, 4) is 11.3 Å². The van der Waals surface area contributed by atoms with E-state index < -0.39 is 11.6 Å². The Morgan fingerprint density at radius 1 is 1.29 bits per heavy atom. The van der Waals surface area contributed by atoms with Gasteiger partial charge in [-0.05, 0) is 32.9 Å². The highest BCUT2D eigenvalue weighted by Crippen LogP contribution is 2.38. The van der Waals surface area contributed by atoms with E-state index in [0.29, 0.717) is 12.2 Å². The normalized spacial score (nSPS) is 26.4. The Kier molecular flexibility index (Phi) is 6.09. The number of halogens is 1. The molecule has 1 amide bonds. The lowest BCUT2D eigenvalue weighted by Crippen LogP contribution is -2.65. The molecule has 0 saturated carbocycles. The van der Waals surface area contributed by atoms with Gasteiger partial charge < -0.3 is 25.0 Å². The first-order chi connectivity index (χ1) is 13.0. The number of nitrogens with one attached hydrogen (secondary N) is 2. The van der Waals surface area contributed by atoms with Gasteiger partial charge in [-0.3, -0.25) is 4.79 Å². The molecule has 1 spiro atoms. The molecule has 0 aliphatic carbocycles. The lowest BCUT2D eigenvalue weighted by atomic mass is 9.75. The number of rotatable bonds is 3. The van der Waals surface area contributed by atoms with Crippen LogP contribution in [0.1, 0.15) is 36.7 Å². The van der Waals surface area contributed by atoms with Crippen LogP contribution in [0.25, 0.3) is 11.3 Å². The zero-order chi connectivity index (χ0) is 18.9. The summed E-state index contributed by atoms with van der Waals surface area (Å²) in [7, 11) is 0. The maximum Gasteiger partial charge on any atom is 0.274 e. The van der Waals surface area contributed by atoms with Crippen LogP contribution in [-0.4, -0.2) is 53.1 Å². The molecular formula is C20H26ClN3O4. The van der Waals surface area contributed by atoms with E-state index >= 15 is 0 Å². The summed E-state index contributed by atoms with van der Waals surface area (Å²) >= 11 is 0. The molecule has 7 nitrogen and oxygen atoms in total. The molecule has 0 bridgehead atoms. The van der Waals surface area contributed by atoms with Gasteiger partial charge in [-0.25, -0.2) is 0 Å². The third kappa shape index (κ3) is 4.07. The van der Waals surface area contributed by atoms with Crippen LogP contribution in [0.3, 0.4) is 0 Å². The smallest absolute Gasteiger partial charge is 0.274 e. The van der Waals surface area contributed by atoms with Gasteiger partial charge in [0.15, 0.2) is 11.5 Å². The fourth-order valence-corrected chi connectivity index (χ4v) is 4.05. The number of aliphatic hydroxyl groups excluding tert-OH is 1. The standard InChI is InChI=1S/C20H25N3O4.ClH/c1-19(13-20(26-12-17(19)24)7-9-21-10-8-20)22-18(25)15-11-16(27-23-15)14-5-3-2-4-6-14;/h2-6,11,17,21,24H,7-10,12-13H2,1H3,(H,22,25);1H/t17-,19-;/m0./s1. The zero-order valence-corrected chi connectivity index (χ0v) is 16.6. The first kappa shape index (κ1) is 20.8. The number of carbonyl (C=O) groups excluding carboxylic acids is 1. The second kappa shape index (κ2) is 8.21. The second-order valence-corrected chi connectivity index (χ2v) is 7.75. The summed E-state index contributed by atoms with van der Waals surface area (Å²) < 4.78 is 11.3. The topological polar surface area (TPSA) is 96.6 Å². The minimum Gasteiger partial charge on any atom is -0.388 e. The lowest BCUT2D eigenvalue weighted by molar-refractivity contribution is -0.169. The fourth-order valence-electron chi connectivity index (χ4n) is 4.05. The number of amides is 1. The van der Waals surface area contributed by atoms with Crippen LogP contribution in [0.5, 0.6) is 0 Å². The molecule has 2 aliphatic rings. The van der Waals surface area contributed by atoms with Crippen LogP contribution in [0, 0.1) is 0 Å². The molecule has 28 heavy (non-hydrogen) atoms. The molecule has 2 saturated heterocycles. The van der Waals surface area contributed by atoms with Crippen molar-refractivity contribution in [1.29, 1.82) is 0 Å². The van der Waals surface area contributed by atoms with Crippen LogP contribution < -0.4 is 10.6 Å². The van der Waals surface area contributed by atoms with Gasteiger partial charge in [0.05, 0.1) is 17.7 Å². The third-order valence-corrected chi connectivity index (χ3v) is 5.69. The van der Waals surface area contributed by atoms with E-state index in [-0.39, 0.29) is 36.2 Å². The highest BCUT2D eigenvalue weighted by molar-refractivity contribution is 5.93. The molecule has 2 atom stereocenters. The molecule has 3 N–H and O–H groups in total. The van der Waals surface area contributed by atoms with E-state index in [0.717, 1.165) is 31.5 Å². The highest BCUT2D eigenvalue weighted by atomic mass is 35.5. The summed E-state index contributed by atoms with van der Waals surface area (Å²) in [6.45, 7) is 3.85. The predicted octanol–water partition coefficient (Wildman–Crippen LogP) is 2.16. The number of ether oxygens (including phenoxy) is 1. The van der Waals surface area contributed by atoms with Gasteiger partial charge in [0.1, 0.15) is 6.10 Å². The average molecular weight is 408 g/mol. The van der Waals surface area contributed by atoms with Crippen LogP contribution in [0.15, 0.2) is 40.9 Å². The molecule has 1 aromatic heterocycles. The van der Waals surface area contributed by atoms with E-state index in [1.807, 2.05) is 37.3 Å². The maximum atomic E-state index is 12.8. The SMILES string of the molecule is C[C@]1(NC(=O)c2cc(-c3ccccc3)on2)CC2(CCNCC2)OC[C@@H]1O.Cl. The molecule has 0 unspecified atom stereocenters. The third-order valence-electron chi connectivity index (χ3n) is 5.69. The number of benzene rings is 1. The number of hydrogen-bond acceptors (Lipinski definition) is 6. The molecule has 4 rings (SSSR count). The van der Waals surface area contributed by atoms with Gasteiger partial charge in [-0.15, -0.1) is 12.4 Å². The number of hydrogen-bond donors (Lipinski definition) is 3. The summed E-state index contributed by atoms with van der Waals surface area (Å²) in [5.74, 6) is 0.182. The summed E-state index contributed by atoms with van der Waals surface area (Å²) in [6, 6.07) is 11.1. The molecule has 8 heteroatoms. The van der Waals surface area contributed by atoms with Crippen molar-refractivity contribution in [2.24, 2.45) is 0 Å². The van der Waals surface area contributed by atoms with E-state index in [1.54, 1.807) is 6.07 Å². The monoisotopic (exact) mass is 407 g/mol. The van der Waals surface area contributed by atoms with Crippen molar-refractivity contribution >= 4 is 18.3 Å². The van der Waals surface area contributed by atoms with E-state index in [2.05, 4.69) is 15.8 Å². The molecule has 2 aromatic rings. The first-order valence-electron chi connectivity index (χ1n) is 9.37. The predicted molar refractivity (Wildman–Crippen MR) is 106 cm³/mol. The molecule has 3 heterocycles. The minimum atomic E-state index is -0.779. The molecule has 2 fully saturated rings. The minimum absolute atomic E-state index is 0. The first-order valence-corrected chi connectivity index (χ1v) is 9.37. The number of aromatic nitrogens is 1. The highest BCUT2D eigenvalue weighted by Gasteiger charge is 2.49. The van der Waals surface area contributed by atoms with E-state index in [1.165, 1.54) is 0 Å². The van der Waals surface area contributed by atoms with E-state index in [4.69, 9.17) is 9.26 Å². The second-order valence-electron chi connectivity index (χ2n) is 7.75. The van der Waals surface area contributed by atoms with Crippen LogP contribution in [0.2, 0.25) is 0 Å². The Labute approximate surface area is 170 Å². The van der Waals surface area contributed by atoms with Crippen molar-refractivity contribution in [3.63, 3.8) is 0 Å². The number of piperidine rings is 1. The van der Waals surface area contributed by atoms with Gasteiger partial charge in [-0.2, -0.15) is 0 Å². The fraction of sp³-hybridized carbons (Fsp3) is 0.500. The number of nitrogens with zero attached hydrogens (tertiary/aromatic N) is 1. The molecular weight excluding hydrogens is 382 g/mol. The van der Waals surface area contributed by atoms with Gasteiger partial charge in [0.2, 0.25) is 0 Å². The molecule has 0 radical (unpaired) electrons. The summed E-state index contributed by atoms with van der Waals surface area (Å²) in [4.78, 5) is 12.8. The summed E-state index contributed by atoms with van der Waals surface area (Å²) in [6.07, 6.45) is 1.53. The van der Waals surface area contributed by atoms with Gasteiger partial charge >= 0.3 is 0 Å². The van der Waals surface area contributed by atoms with Gasteiger partial charge in [0.25, 0.3) is 5.91 Å². The van der Waals surface area contributed by atoms with Crippen LogP contribution in [0.4, 0.5) is 0 Å². The molecule has 152 valence electrons. The van der Waals surface area contributed by atoms with Crippen LogP contribution >= 0.6 is 12.4 Å². The van der Waals surface area contributed by atoms with Gasteiger partial charge in [-0.1, -0.05) is 35.5 Å². The average Bonchev–Trinajstić information content (AvgIpc) is 3.17. The Hall–Kier alpha value is -1.93. The van der Waals surface area contributed by atoms with E-state index in [9.17, 15) is 9.90 Å². The molecule has 1 aromatic carbocycles. The summed E-state index contributed by atoms with van der Waals surface area (Å²) in [5, 5.41) is 20.7. The Balaban J connectivity index is 0.00000225. The maximum absolute atomic E-state index is 12.8. The van der Waals surface area contributed by atoms with Crippen molar-refractivity contribution in [3.05, 3.63) is 42.1 Å². The van der Waals surface area contributed by atoms with Gasteiger partial charge in [0, 0.05) is 18.1 Å². The molecule has 2 aliphatic heterocycles. The van der Waals surface area contributed by atoms with Crippen molar-refractivity contribution < 1.29 is 19.2 Å². The van der Waals surface area contributed by atoms with Crippen molar-refractivity contribution in [1.82, 2.24) is 15.8 Å². The Morgan fingerprint density at radius 3 is 2.71 bits per heavy atom. The Bertz CT molecular complexity index is 807. The summed E-state index contributed by atoms with van der Waals surface area (Å²) in [5.41, 5.74) is -0.0208. The Morgan fingerprint density at radius 2 is 2.00 bits per heavy atom. The van der Waals surface area contributed by atoms with Crippen molar-refractivity contribution in [2.45, 2.75) is 43.4 Å². The van der Waals surface area contributed by atoms with Crippen LogP contribution in [-0.2, 0) is 4.74 Å². The zero-order valence-electron chi connectivity index (χ0n) is 15.8. The number of aliphatic hydroxyl groups is 1. The largest absolute Gasteiger partial charge is 0.388 e. The van der Waals surface area contributed by atoms with Crippen molar-refractivity contribution in [2.75, 3.05) is 19.7 Å².